The van der Waals surface area contributed by atoms with E-state index in [9.17, 15) is 4.79 Å². The molecular formula is C16H24N6O. The Morgan fingerprint density at radius 1 is 1.26 bits per heavy atom. The van der Waals surface area contributed by atoms with Crippen LogP contribution in [-0.2, 0) is 25.4 Å². The van der Waals surface area contributed by atoms with Gasteiger partial charge in [-0.3, -0.25) is 14.2 Å². The first-order chi connectivity index (χ1) is 11.1. The Kier molecular flexibility index (Phi) is 4.47. The average Bonchev–Trinajstić information content (AvgIpc) is 3.24. The van der Waals surface area contributed by atoms with Gasteiger partial charge in [-0.25, -0.2) is 0 Å². The van der Waals surface area contributed by atoms with Crippen LogP contribution in [0.1, 0.15) is 24.0 Å². The highest BCUT2D eigenvalue weighted by atomic mass is 16.2. The van der Waals surface area contributed by atoms with Crippen LogP contribution in [0.5, 0.6) is 0 Å². The van der Waals surface area contributed by atoms with Gasteiger partial charge in [-0.2, -0.15) is 10.2 Å². The van der Waals surface area contributed by atoms with Crippen LogP contribution >= 0.6 is 0 Å². The standard InChI is InChI=1S/C16H24N6O/c1-4-22(10-12-5-18-20(2)9-12)16(23)15-8-17-7-14(15)13-6-19-21(3)11-13/h5-6,9,11,14-15,17H,4,7-8,10H2,1-3H3/t14-,15+/m1/s1. The highest BCUT2D eigenvalue weighted by Gasteiger charge is 2.36. The van der Waals surface area contributed by atoms with E-state index < -0.39 is 0 Å². The number of nitrogens with one attached hydrogen (secondary N) is 1. The van der Waals surface area contributed by atoms with Crippen LogP contribution in [0, 0.1) is 5.92 Å². The molecular weight excluding hydrogens is 292 g/mol. The fourth-order valence-electron chi connectivity index (χ4n) is 3.27. The lowest BCUT2D eigenvalue weighted by atomic mass is 9.89. The van der Waals surface area contributed by atoms with E-state index in [0.717, 1.165) is 24.2 Å². The SMILES string of the molecule is CCN(Cc1cnn(C)c1)C(=O)[C@H]1CNC[C@@H]1c1cnn(C)c1. The Hall–Kier alpha value is -2.15. The Bertz CT molecular complexity index is 676. The van der Waals surface area contributed by atoms with Crippen LogP contribution in [0.3, 0.4) is 0 Å². The summed E-state index contributed by atoms with van der Waals surface area (Å²) in [6, 6.07) is 0. The number of aromatic nitrogens is 4. The summed E-state index contributed by atoms with van der Waals surface area (Å²) in [5, 5.41) is 11.8. The zero-order valence-corrected chi connectivity index (χ0v) is 13.9. The molecule has 1 amide bonds. The van der Waals surface area contributed by atoms with Gasteiger partial charge in [0, 0.05) is 64.1 Å². The molecule has 23 heavy (non-hydrogen) atoms. The van der Waals surface area contributed by atoms with E-state index in [2.05, 4.69) is 15.5 Å². The quantitative estimate of drug-likeness (QED) is 0.872. The van der Waals surface area contributed by atoms with Gasteiger partial charge in [0.2, 0.25) is 5.91 Å². The Balaban J connectivity index is 1.74. The van der Waals surface area contributed by atoms with E-state index in [1.54, 1.807) is 9.36 Å². The highest BCUT2D eigenvalue weighted by Crippen LogP contribution is 2.29. The summed E-state index contributed by atoms with van der Waals surface area (Å²) in [7, 11) is 3.80. The maximum absolute atomic E-state index is 13.0. The molecule has 3 heterocycles. The van der Waals surface area contributed by atoms with Crippen molar-refractivity contribution in [3.8, 4) is 0 Å². The van der Waals surface area contributed by atoms with Crippen molar-refractivity contribution in [2.24, 2.45) is 20.0 Å². The van der Waals surface area contributed by atoms with Gasteiger partial charge in [0.25, 0.3) is 0 Å². The van der Waals surface area contributed by atoms with Crippen molar-refractivity contribution in [2.45, 2.75) is 19.4 Å². The molecule has 7 heteroatoms. The van der Waals surface area contributed by atoms with E-state index in [0.29, 0.717) is 13.1 Å². The molecule has 124 valence electrons. The second-order valence-corrected chi connectivity index (χ2v) is 6.19. The number of carbonyl (C=O) groups excluding carboxylic acids is 1. The number of hydrogen-bond acceptors (Lipinski definition) is 4. The molecule has 0 unspecified atom stereocenters. The van der Waals surface area contributed by atoms with E-state index in [1.807, 2.05) is 50.7 Å². The van der Waals surface area contributed by atoms with E-state index in [-0.39, 0.29) is 17.7 Å². The Morgan fingerprint density at radius 2 is 2.00 bits per heavy atom. The number of aryl methyl sites for hydroxylation is 2. The van der Waals surface area contributed by atoms with Crippen LogP contribution < -0.4 is 5.32 Å². The third-order valence-electron chi connectivity index (χ3n) is 4.51. The van der Waals surface area contributed by atoms with E-state index >= 15 is 0 Å². The van der Waals surface area contributed by atoms with Crippen molar-refractivity contribution in [1.82, 2.24) is 29.8 Å². The number of rotatable bonds is 5. The molecule has 2 atom stereocenters. The maximum atomic E-state index is 13.0. The van der Waals surface area contributed by atoms with Crippen molar-refractivity contribution in [3.63, 3.8) is 0 Å². The van der Waals surface area contributed by atoms with Crippen molar-refractivity contribution in [2.75, 3.05) is 19.6 Å². The molecule has 2 aromatic heterocycles. The number of amides is 1. The normalized spacial score (nSPS) is 20.8. The third kappa shape index (κ3) is 3.29. The first-order valence-corrected chi connectivity index (χ1v) is 8.04. The van der Waals surface area contributed by atoms with E-state index in [1.165, 1.54) is 0 Å². The highest BCUT2D eigenvalue weighted by molar-refractivity contribution is 5.80. The minimum atomic E-state index is -0.0316. The summed E-state index contributed by atoms with van der Waals surface area (Å²) >= 11 is 0. The second-order valence-electron chi connectivity index (χ2n) is 6.19. The number of hydrogen-bond donors (Lipinski definition) is 1. The summed E-state index contributed by atoms with van der Waals surface area (Å²) in [6.45, 7) is 4.88. The molecule has 0 bridgehead atoms. The van der Waals surface area contributed by atoms with Crippen LogP contribution in [0.2, 0.25) is 0 Å². The fourth-order valence-corrected chi connectivity index (χ4v) is 3.27. The van der Waals surface area contributed by atoms with Crippen molar-refractivity contribution in [1.29, 1.82) is 0 Å². The van der Waals surface area contributed by atoms with Gasteiger partial charge >= 0.3 is 0 Å². The molecule has 1 aliphatic rings. The van der Waals surface area contributed by atoms with Crippen LogP contribution in [-0.4, -0.2) is 50.0 Å². The summed E-state index contributed by atoms with van der Waals surface area (Å²) in [6.07, 6.45) is 7.66. The van der Waals surface area contributed by atoms with E-state index in [4.69, 9.17) is 0 Å². The predicted octanol–water partition coefficient (Wildman–Crippen LogP) is 0.505. The van der Waals surface area contributed by atoms with Crippen LogP contribution in [0.4, 0.5) is 0 Å². The summed E-state index contributed by atoms with van der Waals surface area (Å²) in [4.78, 5) is 14.9. The molecule has 0 aromatic carbocycles. The topological polar surface area (TPSA) is 68.0 Å². The van der Waals surface area contributed by atoms with Crippen LogP contribution in [0.25, 0.3) is 0 Å². The van der Waals surface area contributed by atoms with Crippen molar-refractivity contribution >= 4 is 5.91 Å². The van der Waals surface area contributed by atoms with Gasteiger partial charge in [0.1, 0.15) is 0 Å². The number of nitrogens with zero attached hydrogens (tertiary/aromatic N) is 5. The smallest absolute Gasteiger partial charge is 0.227 e. The first kappa shape index (κ1) is 15.7. The summed E-state index contributed by atoms with van der Waals surface area (Å²) in [5.41, 5.74) is 2.19. The molecule has 0 spiro atoms. The molecule has 2 aromatic rings. The summed E-state index contributed by atoms with van der Waals surface area (Å²) < 4.78 is 3.56. The molecule has 0 aliphatic carbocycles. The lowest BCUT2D eigenvalue weighted by Gasteiger charge is -2.26. The van der Waals surface area contributed by atoms with Crippen molar-refractivity contribution in [3.05, 3.63) is 35.9 Å². The molecule has 7 nitrogen and oxygen atoms in total. The second kappa shape index (κ2) is 6.54. The zero-order chi connectivity index (χ0) is 16.4. The summed E-state index contributed by atoms with van der Waals surface area (Å²) in [5.74, 6) is 0.366. The van der Waals surface area contributed by atoms with Gasteiger partial charge in [0.05, 0.1) is 18.3 Å². The monoisotopic (exact) mass is 316 g/mol. The lowest BCUT2D eigenvalue weighted by Crippen LogP contribution is -2.38. The minimum Gasteiger partial charge on any atom is -0.338 e. The first-order valence-electron chi connectivity index (χ1n) is 8.04. The molecule has 1 saturated heterocycles. The van der Waals surface area contributed by atoms with Gasteiger partial charge < -0.3 is 10.2 Å². The van der Waals surface area contributed by atoms with Gasteiger partial charge in [-0.05, 0) is 12.5 Å². The van der Waals surface area contributed by atoms with Crippen molar-refractivity contribution < 1.29 is 4.79 Å². The third-order valence-corrected chi connectivity index (χ3v) is 4.51. The molecule has 0 radical (unpaired) electrons. The lowest BCUT2D eigenvalue weighted by molar-refractivity contribution is -0.135. The number of carbonyl (C=O) groups is 1. The van der Waals surface area contributed by atoms with Crippen LogP contribution in [0.15, 0.2) is 24.8 Å². The molecule has 3 rings (SSSR count). The molecule has 1 aliphatic heterocycles. The maximum Gasteiger partial charge on any atom is 0.227 e. The van der Waals surface area contributed by atoms with Gasteiger partial charge in [0.15, 0.2) is 0 Å². The van der Waals surface area contributed by atoms with Gasteiger partial charge in [-0.15, -0.1) is 0 Å². The average molecular weight is 316 g/mol. The fraction of sp³-hybridized carbons (Fsp3) is 0.562. The van der Waals surface area contributed by atoms with Gasteiger partial charge in [-0.1, -0.05) is 0 Å². The Morgan fingerprint density at radius 3 is 2.61 bits per heavy atom. The minimum absolute atomic E-state index is 0.0316. The molecule has 0 saturated carbocycles. The predicted molar refractivity (Wildman–Crippen MR) is 86.6 cm³/mol. The molecule has 1 fully saturated rings. The molecule has 1 N–H and O–H groups in total. The zero-order valence-electron chi connectivity index (χ0n) is 13.9. The largest absolute Gasteiger partial charge is 0.338 e. The Labute approximate surface area is 136 Å².